The van der Waals surface area contributed by atoms with Crippen LogP contribution in [-0.2, 0) is 12.8 Å². The van der Waals surface area contributed by atoms with Gasteiger partial charge in [0.25, 0.3) is 0 Å². The highest BCUT2D eigenvalue weighted by molar-refractivity contribution is 5.50. The Morgan fingerprint density at radius 3 is 2.00 bits per heavy atom. The Labute approximate surface area is 117 Å². The maximum Gasteiger partial charge on any atom is 0.160 e. The highest BCUT2D eigenvalue weighted by atomic mass is 16.3. The first kappa shape index (κ1) is 14.1. The highest BCUT2D eigenvalue weighted by Gasteiger charge is 2.10. The summed E-state index contributed by atoms with van der Waals surface area (Å²) in [5.74, 6) is -0.102. The fourth-order valence-electron chi connectivity index (χ4n) is 2.09. The van der Waals surface area contributed by atoms with E-state index in [0.717, 1.165) is 5.56 Å². The molecule has 0 saturated carbocycles. The minimum atomic E-state index is -0.106. The van der Waals surface area contributed by atoms with E-state index in [1.54, 1.807) is 38.1 Å². The van der Waals surface area contributed by atoms with Gasteiger partial charge in [-0.3, -0.25) is 0 Å². The molecule has 0 fully saturated rings. The molecule has 0 saturated heterocycles. The molecule has 0 aliphatic heterocycles. The van der Waals surface area contributed by atoms with Crippen LogP contribution >= 0.6 is 0 Å². The van der Waals surface area contributed by atoms with E-state index < -0.39 is 0 Å². The molecule has 0 unspecified atom stereocenters. The Morgan fingerprint density at radius 1 is 0.800 bits per heavy atom. The molecule has 0 amide bonds. The van der Waals surface area contributed by atoms with Crippen LogP contribution in [0, 0.1) is 13.8 Å². The normalized spacial score (nSPS) is 10.7. The Kier molecular flexibility index (Phi) is 3.74. The molecular weight excluding hydrogens is 256 g/mol. The second-order valence-electron chi connectivity index (χ2n) is 5.00. The van der Waals surface area contributed by atoms with Crippen molar-refractivity contribution in [1.29, 1.82) is 0 Å². The molecule has 0 atom stereocenters. The summed E-state index contributed by atoms with van der Waals surface area (Å²) in [4.78, 5) is 0. The molecule has 0 spiro atoms. The fourth-order valence-corrected chi connectivity index (χ4v) is 2.09. The molecule has 0 aliphatic carbocycles. The summed E-state index contributed by atoms with van der Waals surface area (Å²) >= 11 is 0. The van der Waals surface area contributed by atoms with Crippen molar-refractivity contribution in [2.24, 2.45) is 0 Å². The zero-order chi connectivity index (χ0) is 14.9. The first-order valence-electron chi connectivity index (χ1n) is 6.42. The Morgan fingerprint density at radius 2 is 1.40 bits per heavy atom. The average Bonchev–Trinajstić information content (AvgIpc) is 2.41. The minimum absolute atomic E-state index is 0.0518. The lowest BCUT2D eigenvalue weighted by Crippen LogP contribution is -1.94. The largest absolute Gasteiger partial charge is 0.508 e. The van der Waals surface area contributed by atoms with Gasteiger partial charge < -0.3 is 20.4 Å². The Balaban J connectivity index is 2.19. The van der Waals surface area contributed by atoms with Crippen LogP contribution < -0.4 is 0 Å². The zero-order valence-corrected chi connectivity index (χ0v) is 11.5. The van der Waals surface area contributed by atoms with Crippen LogP contribution in [0.3, 0.4) is 0 Å². The molecule has 0 radical (unpaired) electrons. The molecule has 4 heteroatoms. The molecule has 0 heterocycles. The van der Waals surface area contributed by atoms with Crippen LogP contribution in [0.4, 0.5) is 0 Å². The highest BCUT2D eigenvalue weighted by Crippen LogP contribution is 2.33. The van der Waals surface area contributed by atoms with Gasteiger partial charge in [-0.25, -0.2) is 0 Å². The third kappa shape index (κ3) is 2.64. The van der Waals surface area contributed by atoms with Gasteiger partial charge >= 0.3 is 0 Å². The van der Waals surface area contributed by atoms with Crippen molar-refractivity contribution in [2.75, 3.05) is 0 Å². The van der Waals surface area contributed by atoms with Crippen molar-refractivity contribution in [3.63, 3.8) is 0 Å². The lowest BCUT2D eigenvalue weighted by molar-refractivity contribution is 0.396. The number of rotatable bonds is 3. The molecule has 106 valence electrons. The van der Waals surface area contributed by atoms with Crippen molar-refractivity contribution >= 4 is 0 Å². The second-order valence-corrected chi connectivity index (χ2v) is 5.00. The summed E-state index contributed by atoms with van der Waals surface area (Å²) in [6, 6.07) is 6.70. The van der Waals surface area contributed by atoms with E-state index in [1.165, 1.54) is 0 Å². The van der Waals surface area contributed by atoms with E-state index >= 15 is 0 Å². The van der Waals surface area contributed by atoms with Gasteiger partial charge in [-0.1, -0.05) is 12.1 Å². The van der Waals surface area contributed by atoms with Crippen LogP contribution in [0.5, 0.6) is 23.0 Å². The fraction of sp³-hybridized carbons (Fsp3) is 0.250. The van der Waals surface area contributed by atoms with Gasteiger partial charge in [-0.05, 0) is 55.5 Å². The topological polar surface area (TPSA) is 80.9 Å². The van der Waals surface area contributed by atoms with Gasteiger partial charge in [-0.15, -0.1) is 0 Å². The molecular formula is C16H18O4. The first-order chi connectivity index (χ1) is 9.40. The number of aryl methyl sites for hydroxylation is 3. The first-order valence-corrected chi connectivity index (χ1v) is 6.42. The standard InChI is InChI=1S/C16H18O4/c1-9-3-5-12(16(20)15(9)19)6-4-11-7-13(17)10(2)14(18)8-11/h3,5,7-8,17-20H,4,6H2,1-2H3. The second kappa shape index (κ2) is 5.33. The zero-order valence-electron chi connectivity index (χ0n) is 11.5. The monoisotopic (exact) mass is 274 g/mol. The predicted octanol–water partition coefficient (Wildman–Crippen LogP) is 2.91. The van der Waals surface area contributed by atoms with Crippen LogP contribution in [0.15, 0.2) is 24.3 Å². The lowest BCUT2D eigenvalue weighted by Gasteiger charge is -2.10. The molecule has 0 aliphatic rings. The maximum atomic E-state index is 9.86. The number of hydrogen-bond acceptors (Lipinski definition) is 4. The Bertz CT molecular complexity index is 624. The van der Waals surface area contributed by atoms with Gasteiger partial charge in [0.1, 0.15) is 11.5 Å². The van der Waals surface area contributed by atoms with Crippen LogP contribution in [0.1, 0.15) is 22.3 Å². The number of benzene rings is 2. The lowest BCUT2D eigenvalue weighted by atomic mass is 10.0. The van der Waals surface area contributed by atoms with Gasteiger partial charge in [0.05, 0.1) is 0 Å². The van der Waals surface area contributed by atoms with Gasteiger partial charge in [0.15, 0.2) is 11.5 Å². The quantitative estimate of drug-likeness (QED) is 0.649. The van der Waals surface area contributed by atoms with E-state index in [2.05, 4.69) is 0 Å². The summed E-state index contributed by atoms with van der Waals surface area (Å²) < 4.78 is 0. The number of aromatic hydroxyl groups is 4. The predicted molar refractivity (Wildman–Crippen MR) is 76.4 cm³/mol. The van der Waals surface area contributed by atoms with E-state index in [1.807, 2.05) is 0 Å². The van der Waals surface area contributed by atoms with Crippen molar-refractivity contribution < 1.29 is 20.4 Å². The van der Waals surface area contributed by atoms with Crippen molar-refractivity contribution in [2.45, 2.75) is 26.7 Å². The molecule has 2 rings (SSSR count). The van der Waals surface area contributed by atoms with Crippen LogP contribution in [0.2, 0.25) is 0 Å². The maximum absolute atomic E-state index is 9.86. The van der Waals surface area contributed by atoms with Crippen molar-refractivity contribution in [3.05, 3.63) is 46.5 Å². The van der Waals surface area contributed by atoms with Gasteiger partial charge in [0, 0.05) is 5.56 Å². The molecule has 20 heavy (non-hydrogen) atoms. The van der Waals surface area contributed by atoms with Crippen molar-refractivity contribution in [3.8, 4) is 23.0 Å². The summed E-state index contributed by atoms with van der Waals surface area (Å²) in [6.45, 7) is 3.35. The van der Waals surface area contributed by atoms with E-state index in [-0.39, 0.29) is 23.0 Å². The van der Waals surface area contributed by atoms with E-state index in [4.69, 9.17) is 0 Å². The smallest absolute Gasteiger partial charge is 0.160 e. The van der Waals surface area contributed by atoms with E-state index in [9.17, 15) is 20.4 Å². The molecule has 0 aromatic heterocycles. The SMILES string of the molecule is Cc1ccc(CCc2cc(O)c(C)c(O)c2)c(O)c1O. The number of hydrogen-bond donors (Lipinski definition) is 4. The molecule has 0 bridgehead atoms. The third-order valence-corrected chi connectivity index (χ3v) is 3.53. The summed E-state index contributed by atoms with van der Waals surface area (Å²) in [5.41, 5.74) is 2.47. The van der Waals surface area contributed by atoms with Crippen LogP contribution in [0.25, 0.3) is 0 Å². The molecule has 2 aromatic rings. The Hall–Kier alpha value is -2.36. The van der Waals surface area contributed by atoms with Crippen molar-refractivity contribution in [1.82, 2.24) is 0 Å². The third-order valence-electron chi connectivity index (χ3n) is 3.53. The van der Waals surface area contributed by atoms with Gasteiger partial charge in [0.2, 0.25) is 0 Å². The average molecular weight is 274 g/mol. The molecule has 4 N–H and O–H groups in total. The summed E-state index contributed by atoms with van der Waals surface area (Å²) in [5, 5.41) is 38.9. The van der Waals surface area contributed by atoms with E-state index in [0.29, 0.717) is 29.5 Å². The van der Waals surface area contributed by atoms with Gasteiger partial charge in [-0.2, -0.15) is 0 Å². The van der Waals surface area contributed by atoms with Crippen LogP contribution in [-0.4, -0.2) is 20.4 Å². The molecule has 4 nitrogen and oxygen atoms in total. The summed E-state index contributed by atoms with van der Waals surface area (Å²) in [7, 11) is 0. The molecule has 2 aromatic carbocycles. The minimum Gasteiger partial charge on any atom is -0.508 e. The number of phenols is 4. The summed E-state index contributed by atoms with van der Waals surface area (Å²) in [6.07, 6.45) is 1.04. The number of phenolic OH excluding ortho intramolecular Hbond substituents is 4.